The average molecular weight is 661 g/mol. The number of carbonyl (C=O) groups is 2. The number of aromatic nitrogens is 2. The number of benzene rings is 2. The van der Waals surface area contributed by atoms with Crippen molar-refractivity contribution < 1.29 is 14.0 Å². The van der Waals surface area contributed by atoms with Crippen LogP contribution in [-0.2, 0) is 17.8 Å². The number of carbonyl (C=O) groups excluding carboxylic acids is 2. The minimum atomic E-state index is -0.328. The fraction of sp³-hybridized carbons (Fsp3) is 0.541. The molecule has 1 saturated carbocycles. The van der Waals surface area contributed by atoms with Gasteiger partial charge < -0.3 is 14.8 Å². The van der Waals surface area contributed by atoms with Crippen LogP contribution in [0.5, 0.6) is 0 Å². The highest BCUT2D eigenvalue weighted by Gasteiger charge is 2.42. The maximum atomic E-state index is 13.7. The summed E-state index contributed by atoms with van der Waals surface area (Å²) >= 11 is 6.03. The molecule has 1 unspecified atom stereocenters. The molecule has 1 aliphatic carbocycles. The smallest absolute Gasteiger partial charge is 0.326 e. The number of piperidine rings is 1. The number of halogens is 2. The number of hydrogen-bond acceptors (Lipinski definition) is 4. The van der Waals surface area contributed by atoms with Gasteiger partial charge in [0.05, 0.1) is 12.2 Å². The second kappa shape index (κ2) is 14.0. The summed E-state index contributed by atoms with van der Waals surface area (Å²) in [4.78, 5) is 38.2. The molecular formula is C37H46ClFN6O2. The Morgan fingerprint density at radius 1 is 0.957 bits per heavy atom. The number of rotatable bonds is 8. The van der Waals surface area contributed by atoms with E-state index in [1.54, 1.807) is 41.3 Å². The number of nitrogens with zero attached hydrogens (tertiary/aromatic N) is 5. The zero-order chi connectivity index (χ0) is 32.5. The van der Waals surface area contributed by atoms with Crippen LogP contribution in [0.25, 0.3) is 0 Å². The summed E-state index contributed by atoms with van der Waals surface area (Å²) in [7, 11) is 0. The van der Waals surface area contributed by atoms with Crippen molar-refractivity contribution in [3.8, 4) is 0 Å². The summed E-state index contributed by atoms with van der Waals surface area (Å²) in [5.41, 5.74) is 3.77. The van der Waals surface area contributed by atoms with Crippen molar-refractivity contribution in [3.63, 3.8) is 0 Å². The van der Waals surface area contributed by atoms with Crippen LogP contribution < -0.4 is 10.2 Å². The van der Waals surface area contributed by atoms with Gasteiger partial charge in [-0.05, 0) is 100 Å². The summed E-state index contributed by atoms with van der Waals surface area (Å²) in [6.07, 6.45) is 12.0. The normalized spacial score (nSPS) is 23.0. The molecule has 0 radical (unpaired) electrons. The Bertz CT molecular complexity index is 1560. The predicted octanol–water partition coefficient (Wildman–Crippen LogP) is 7.75. The topological polar surface area (TPSA) is 73.7 Å². The molecule has 250 valence electrons. The van der Waals surface area contributed by atoms with Gasteiger partial charge in [0, 0.05) is 72.2 Å². The maximum absolute atomic E-state index is 13.7. The number of urea groups is 1. The number of nitrogens with one attached hydrogen (secondary N) is 1. The van der Waals surface area contributed by atoms with Gasteiger partial charge in [-0.2, -0.15) is 0 Å². The largest absolute Gasteiger partial charge is 0.336 e. The summed E-state index contributed by atoms with van der Waals surface area (Å²) in [6, 6.07) is 14.3. The van der Waals surface area contributed by atoms with Crippen molar-refractivity contribution in [2.24, 2.45) is 5.92 Å². The van der Waals surface area contributed by atoms with E-state index in [1.165, 1.54) is 49.9 Å². The first-order chi connectivity index (χ1) is 22.8. The first-order valence-electron chi connectivity index (χ1n) is 17.5. The van der Waals surface area contributed by atoms with E-state index >= 15 is 0 Å². The van der Waals surface area contributed by atoms with Gasteiger partial charge in [0.2, 0.25) is 5.91 Å². The zero-order valence-corrected chi connectivity index (χ0v) is 28.1. The lowest BCUT2D eigenvalue weighted by Gasteiger charge is -2.41. The number of anilines is 2. The lowest BCUT2D eigenvalue weighted by Crippen LogP contribution is -2.45. The highest BCUT2D eigenvalue weighted by molar-refractivity contribution is 6.30. The highest BCUT2D eigenvalue weighted by atomic mass is 35.5. The van der Waals surface area contributed by atoms with E-state index in [0.717, 1.165) is 63.1 Å². The van der Waals surface area contributed by atoms with Gasteiger partial charge in [0.25, 0.3) is 0 Å². The van der Waals surface area contributed by atoms with Crippen LogP contribution in [0, 0.1) is 18.7 Å². The van der Waals surface area contributed by atoms with Crippen LogP contribution in [0.3, 0.4) is 0 Å². The highest BCUT2D eigenvalue weighted by Crippen LogP contribution is 2.42. The molecule has 2 aromatic carbocycles. The number of amides is 3. The van der Waals surface area contributed by atoms with Crippen molar-refractivity contribution >= 4 is 34.9 Å². The number of fused-ring (bicyclic) bond motifs is 3. The Kier molecular flexibility index (Phi) is 9.55. The zero-order valence-electron chi connectivity index (χ0n) is 27.3. The Hall–Kier alpha value is -3.43. The fourth-order valence-electron chi connectivity index (χ4n) is 8.75. The standard InChI is InChI=1S/C37H46ClFN6O2/c1-25-40-34-24-42(36(46)26-6-3-2-4-7-26)21-18-35(34)45(25)33-22-31-16-17-32(23-33)43(31)19-5-20-44(30-14-10-28(39)11-15-30)37(47)41-29-12-8-27(38)9-13-29/h8-15,26,31-33H,2-7,16-24H2,1H3,(H,41,47)/t31-,32+,33?. The van der Waals surface area contributed by atoms with Gasteiger partial charge in [-0.3, -0.25) is 14.6 Å². The molecule has 4 aliphatic rings. The number of hydrogen-bond donors (Lipinski definition) is 1. The summed E-state index contributed by atoms with van der Waals surface area (Å²) < 4.78 is 16.3. The summed E-state index contributed by atoms with van der Waals surface area (Å²) in [5.74, 6) is 1.30. The van der Waals surface area contributed by atoms with Crippen molar-refractivity contribution in [2.45, 2.75) is 102 Å². The van der Waals surface area contributed by atoms with E-state index in [0.29, 0.717) is 53.5 Å². The third-order valence-corrected chi connectivity index (χ3v) is 11.2. The van der Waals surface area contributed by atoms with E-state index in [1.807, 2.05) is 0 Å². The monoisotopic (exact) mass is 660 g/mol. The molecule has 3 amide bonds. The van der Waals surface area contributed by atoms with Gasteiger partial charge in [-0.25, -0.2) is 14.2 Å². The van der Waals surface area contributed by atoms with Gasteiger partial charge in [-0.15, -0.1) is 0 Å². The average Bonchev–Trinajstić information content (AvgIpc) is 3.53. The molecule has 3 atom stereocenters. The maximum Gasteiger partial charge on any atom is 0.326 e. The molecule has 4 heterocycles. The molecule has 1 aromatic heterocycles. The molecule has 47 heavy (non-hydrogen) atoms. The van der Waals surface area contributed by atoms with E-state index in [2.05, 4.69) is 26.6 Å². The van der Waals surface area contributed by atoms with Gasteiger partial charge in [-0.1, -0.05) is 30.9 Å². The quantitative estimate of drug-likeness (QED) is 0.268. The molecule has 3 fully saturated rings. The Morgan fingerprint density at radius 2 is 1.66 bits per heavy atom. The van der Waals surface area contributed by atoms with Crippen molar-refractivity contribution in [2.75, 3.05) is 29.9 Å². The first kappa shape index (κ1) is 32.1. The summed E-state index contributed by atoms with van der Waals surface area (Å²) in [5, 5.41) is 3.57. The second-order valence-electron chi connectivity index (χ2n) is 13.9. The van der Waals surface area contributed by atoms with E-state index in [9.17, 15) is 14.0 Å². The van der Waals surface area contributed by atoms with Crippen LogP contribution in [-0.4, -0.2) is 63.0 Å². The minimum Gasteiger partial charge on any atom is -0.336 e. The van der Waals surface area contributed by atoms with Crippen molar-refractivity contribution in [3.05, 3.63) is 76.6 Å². The van der Waals surface area contributed by atoms with E-state index in [4.69, 9.17) is 16.6 Å². The number of aryl methyl sites for hydroxylation is 1. The molecule has 0 spiro atoms. The molecule has 10 heteroatoms. The van der Waals surface area contributed by atoms with Crippen molar-refractivity contribution in [1.82, 2.24) is 19.4 Å². The van der Waals surface area contributed by atoms with Gasteiger partial charge >= 0.3 is 6.03 Å². The molecule has 7 rings (SSSR count). The molecular weight excluding hydrogens is 615 g/mol. The van der Waals surface area contributed by atoms with E-state index in [-0.39, 0.29) is 17.8 Å². The van der Waals surface area contributed by atoms with Crippen LogP contribution in [0.15, 0.2) is 48.5 Å². The number of imidazole rings is 1. The molecule has 8 nitrogen and oxygen atoms in total. The molecule has 1 N–H and O–H groups in total. The predicted molar refractivity (Wildman–Crippen MR) is 183 cm³/mol. The Morgan fingerprint density at radius 3 is 2.36 bits per heavy atom. The van der Waals surface area contributed by atoms with Crippen LogP contribution in [0.2, 0.25) is 5.02 Å². The second-order valence-corrected chi connectivity index (χ2v) is 14.4. The molecule has 3 aliphatic heterocycles. The SMILES string of the molecule is Cc1nc2c(n1C1C[C@H]3CC[C@@H](C1)N3CCCN(C(=O)Nc1ccc(Cl)cc1)c1ccc(F)cc1)CCN(C(=O)C1CCCCC1)C2. The molecule has 2 saturated heterocycles. The van der Waals surface area contributed by atoms with Gasteiger partial charge in [0.15, 0.2) is 0 Å². The van der Waals surface area contributed by atoms with Crippen molar-refractivity contribution in [1.29, 1.82) is 0 Å². The van der Waals surface area contributed by atoms with Crippen LogP contribution in [0.4, 0.5) is 20.6 Å². The third-order valence-electron chi connectivity index (χ3n) is 11.0. The molecule has 3 aromatic rings. The minimum absolute atomic E-state index is 0.203. The lowest BCUT2D eigenvalue weighted by molar-refractivity contribution is -0.137. The van der Waals surface area contributed by atoms with Crippen LogP contribution in [0.1, 0.15) is 87.5 Å². The Labute approximate surface area is 282 Å². The lowest BCUT2D eigenvalue weighted by atomic mass is 9.88. The Balaban J connectivity index is 0.980. The first-order valence-corrected chi connectivity index (χ1v) is 17.9. The fourth-order valence-corrected chi connectivity index (χ4v) is 8.87. The van der Waals surface area contributed by atoms with Crippen LogP contribution >= 0.6 is 11.6 Å². The summed E-state index contributed by atoms with van der Waals surface area (Å²) in [6.45, 7) is 5.02. The van der Waals surface area contributed by atoms with E-state index < -0.39 is 0 Å². The molecule has 2 bridgehead atoms. The third kappa shape index (κ3) is 6.93. The van der Waals surface area contributed by atoms with Gasteiger partial charge in [0.1, 0.15) is 11.6 Å².